The van der Waals surface area contributed by atoms with Crippen LogP contribution in [-0.4, -0.2) is 72.2 Å². The number of nitriles is 1. The molecular weight excluding hydrogens is 306 g/mol. The zero-order chi connectivity index (χ0) is 17.1. The standard InChI is InChI=1S/C14H17N3O6/c1-7(19)10(20)3-2-9-8(4-15)16-6-17(9)14-13(22)12(21)11(5-18)23-14/h6-7,10-14,18-22H,5H2,1H3/t7?,10?,11-,12-,13-,14-/m1/s1. The van der Waals surface area contributed by atoms with E-state index >= 15 is 0 Å². The molecule has 9 nitrogen and oxygen atoms in total. The quantitative estimate of drug-likeness (QED) is 0.382. The molecule has 2 rings (SSSR count). The second-order valence-electron chi connectivity index (χ2n) is 5.14. The summed E-state index contributed by atoms with van der Waals surface area (Å²) in [4.78, 5) is 3.83. The van der Waals surface area contributed by atoms with E-state index in [9.17, 15) is 20.4 Å². The fourth-order valence-corrected chi connectivity index (χ4v) is 2.13. The Balaban J connectivity index is 2.38. The van der Waals surface area contributed by atoms with E-state index in [2.05, 4.69) is 16.8 Å². The van der Waals surface area contributed by atoms with Gasteiger partial charge in [-0.15, -0.1) is 0 Å². The number of aromatic nitrogens is 2. The largest absolute Gasteiger partial charge is 0.394 e. The van der Waals surface area contributed by atoms with E-state index in [0.29, 0.717) is 0 Å². The predicted molar refractivity (Wildman–Crippen MR) is 74.5 cm³/mol. The molecule has 1 fully saturated rings. The lowest BCUT2D eigenvalue weighted by Crippen LogP contribution is -2.33. The van der Waals surface area contributed by atoms with Gasteiger partial charge in [0.15, 0.2) is 11.9 Å². The van der Waals surface area contributed by atoms with Gasteiger partial charge >= 0.3 is 0 Å². The van der Waals surface area contributed by atoms with E-state index in [1.165, 1.54) is 17.8 Å². The maximum atomic E-state index is 10.0. The molecule has 6 atom stereocenters. The second kappa shape index (κ2) is 7.06. The third-order valence-electron chi connectivity index (χ3n) is 3.49. The fourth-order valence-electron chi connectivity index (χ4n) is 2.13. The molecule has 1 aromatic heterocycles. The number of hydrogen-bond donors (Lipinski definition) is 5. The molecule has 1 saturated heterocycles. The van der Waals surface area contributed by atoms with Crippen molar-refractivity contribution in [2.75, 3.05) is 6.61 Å². The maximum absolute atomic E-state index is 10.0. The Bertz CT molecular complexity index is 656. The summed E-state index contributed by atoms with van der Waals surface area (Å²) in [5.41, 5.74) is -0.00456. The summed E-state index contributed by atoms with van der Waals surface area (Å²) in [7, 11) is 0. The van der Waals surface area contributed by atoms with E-state index in [4.69, 9.17) is 15.1 Å². The van der Waals surface area contributed by atoms with Crippen molar-refractivity contribution in [1.29, 1.82) is 5.26 Å². The van der Waals surface area contributed by atoms with Crippen molar-refractivity contribution in [2.45, 2.75) is 43.7 Å². The summed E-state index contributed by atoms with van der Waals surface area (Å²) in [6, 6.07) is 1.82. The van der Waals surface area contributed by atoms with Crippen LogP contribution in [0.15, 0.2) is 6.33 Å². The first-order chi connectivity index (χ1) is 10.9. The highest BCUT2D eigenvalue weighted by Crippen LogP contribution is 2.30. The van der Waals surface area contributed by atoms with Gasteiger partial charge in [0.1, 0.15) is 36.2 Å². The van der Waals surface area contributed by atoms with Crippen molar-refractivity contribution in [3.05, 3.63) is 17.7 Å². The van der Waals surface area contributed by atoms with Crippen LogP contribution < -0.4 is 0 Å². The molecule has 2 unspecified atom stereocenters. The van der Waals surface area contributed by atoms with Crippen molar-refractivity contribution < 1.29 is 30.3 Å². The Labute approximate surface area is 132 Å². The van der Waals surface area contributed by atoms with E-state index in [-0.39, 0.29) is 11.4 Å². The number of nitrogens with zero attached hydrogens (tertiary/aromatic N) is 3. The highest BCUT2D eigenvalue weighted by Gasteiger charge is 2.44. The zero-order valence-corrected chi connectivity index (χ0v) is 12.2. The normalized spacial score (nSPS) is 29.4. The molecule has 0 aromatic carbocycles. The third kappa shape index (κ3) is 3.35. The Morgan fingerprint density at radius 1 is 1.39 bits per heavy atom. The maximum Gasteiger partial charge on any atom is 0.174 e. The van der Waals surface area contributed by atoms with Crippen molar-refractivity contribution in [3.8, 4) is 17.9 Å². The molecule has 0 bridgehead atoms. The smallest absolute Gasteiger partial charge is 0.174 e. The van der Waals surface area contributed by atoms with Crippen LogP contribution in [0.1, 0.15) is 24.5 Å². The number of rotatable bonds is 3. The van der Waals surface area contributed by atoms with E-state index in [0.717, 1.165) is 0 Å². The van der Waals surface area contributed by atoms with Crippen molar-refractivity contribution >= 4 is 0 Å². The van der Waals surface area contributed by atoms with Gasteiger partial charge in [-0.3, -0.25) is 4.57 Å². The van der Waals surface area contributed by atoms with Crippen LogP contribution >= 0.6 is 0 Å². The van der Waals surface area contributed by atoms with Crippen LogP contribution in [-0.2, 0) is 4.74 Å². The predicted octanol–water partition coefficient (Wildman–Crippen LogP) is -2.54. The SMILES string of the molecule is CC(O)C(O)C#Cc1c(C#N)ncn1[C@@H]1O[C@H](CO)[C@@H](O)[C@H]1O. The molecule has 0 saturated carbocycles. The zero-order valence-electron chi connectivity index (χ0n) is 12.2. The van der Waals surface area contributed by atoms with Gasteiger partial charge in [0.25, 0.3) is 0 Å². The van der Waals surface area contributed by atoms with Gasteiger partial charge in [-0.25, -0.2) is 4.98 Å². The molecular formula is C14H17N3O6. The summed E-state index contributed by atoms with van der Waals surface area (Å²) in [6.07, 6.45) is -5.93. The van der Waals surface area contributed by atoms with Crippen molar-refractivity contribution in [2.24, 2.45) is 0 Å². The lowest BCUT2D eigenvalue weighted by molar-refractivity contribution is -0.0531. The number of aliphatic hydroxyl groups is 5. The van der Waals surface area contributed by atoms with E-state index in [1.54, 1.807) is 0 Å². The highest BCUT2D eigenvalue weighted by molar-refractivity contribution is 5.41. The highest BCUT2D eigenvalue weighted by atomic mass is 16.6. The molecule has 0 aliphatic carbocycles. The van der Waals surface area contributed by atoms with Gasteiger partial charge < -0.3 is 30.3 Å². The Hall–Kier alpha value is -1.98. The van der Waals surface area contributed by atoms with Gasteiger partial charge in [0, 0.05) is 0 Å². The summed E-state index contributed by atoms with van der Waals surface area (Å²) in [6.45, 7) is 0.865. The Morgan fingerprint density at radius 3 is 2.61 bits per heavy atom. The van der Waals surface area contributed by atoms with Crippen molar-refractivity contribution in [1.82, 2.24) is 9.55 Å². The van der Waals surface area contributed by atoms with Crippen LogP contribution in [0.4, 0.5) is 0 Å². The molecule has 1 aliphatic rings. The minimum absolute atomic E-state index is 0.0574. The lowest BCUT2D eigenvalue weighted by Gasteiger charge is -2.17. The number of imidazole rings is 1. The molecule has 2 heterocycles. The molecule has 23 heavy (non-hydrogen) atoms. The summed E-state index contributed by atoms with van der Waals surface area (Å²) >= 11 is 0. The van der Waals surface area contributed by atoms with Crippen LogP contribution in [0, 0.1) is 23.2 Å². The number of aliphatic hydroxyl groups excluding tert-OH is 5. The second-order valence-corrected chi connectivity index (χ2v) is 5.14. The Morgan fingerprint density at radius 2 is 2.09 bits per heavy atom. The molecule has 124 valence electrons. The van der Waals surface area contributed by atoms with Crippen LogP contribution in [0.25, 0.3) is 0 Å². The minimum atomic E-state index is -1.35. The summed E-state index contributed by atoms with van der Waals surface area (Å²) in [5.74, 6) is 4.89. The molecule has 0 amide bonds. The Kier molecular flexibility index (Phi) is 5.34. The molecule has 9 heteroatoms. The molecule has 1 aliphatic heterocycles. The molecule has 0 spiro atoms. The van der Waals surface area contributed by atoms with Gasteiger partial charge in [-0.2, -0.15) is 5.26 Å². The molecule has 1 aromatic rings. The van der Waals surface area contributed by atoms with Gasteiger partial charge in [-0.05, 0) is 12.8 Å². The first-order valence-electron chi connectivity index (χ1n) is 6.87. The van der Waals surface area contributed by atoms with Crippen LogP contribution in [0.3, 0.4) is 0 Å². The topological polar surface area (TPSA) is 152 Å². The van der Waals surface area contributed by atoms with Crippen LogP contribution in [0.2, 0.25) is 0 Å². The average Bonchev–Trinajstić information content (AvgIpc) is 3.06. The third-order valence-corrected chi connectivity index (χ3v) is 3.49. The average molecular weight is 323 g/mol. The van der Waals surface area contributed by atoms with Gasteiger partial charge in [-0.1, -0.05) is 5.92 Å². The number of ether oxygens (including phenoxy) is 1. The molecule has 5 N–H and O–H groups in total. The summed E-state index contributed by atoms with van der Waals surface area (Å²) < 4.78 is 6.60. The molecule has 0 radical (unpaired) electrons. The number of hydrogen-bond acceptors (Lipinski definition) is 8. The van der Waals surface area contributed by atoms with Gasteiger partial charge in [0.05, 0.1) is 19.0 Å². The van der Waals surface area contributed by atoms with Crippen LogP contribution in [0.5, 0.6) is 0 Å². The monoisotopic (exact) mass is 323 g/mol. The summed E-state index contributed by atoms with van der Waals surface area (Å²) in [5, 5.41) is 56.8. The van der Waals surface area contributed by atoms with E-state index in [1.807, 2.05) is 6.07 Å². The first-order valence-corrected chi connectivity index (χ1v) is 6.87. The minimum Gasteiger partial charge on any atom is -0.394 e. The fraction of sp³-hybridized carbons (Fsp3) is 0.571. The van der Waals surface area contributed by atoms with E-state index < -0.39 is 43.4 Å². The first kappa shape index (κ1) is 17.4. The van der Waals surface area contributed by atoms with Gasteiger partial charge in [0.2, 0.25) is 0 Å². The van der Waals surface area contributed by atoms with Crippen molar-refractivity contribution in [3.63, 3.8) is 0 Å². The lowest BCUT2D eigenvalue weighted by atomic mass is 10.1.